The molecule has 2 aromatic rings. The summed E-state index contributed by atoms with van der Waals surface area (Å²) >= 11 is 0. The summed E-state index contributed by atoms with van der Waals surface area (Å²) in [4.78, 5) is 41.7. The van der Waals surface area contributed by atoms with Crippen LogP contribution in [-0.2, 0) is 21.5 Å². The number of benzene rings is 2. The van der Waals surface area contributed by atoms with E-state index in [0.717, 1.165) is 29.0 Å². The third-order valence-electron chi connectivity index (χ3n) is 6.03. The number of amides is 4. The lowest BCUT2D eigenvalue weighted by Crippen LogP contribution is -2.49. The quantitative estimate of drug-likeness (QED) is 0.791. The SMILES string of the molecule is COc1ccc(C2(C)NC(=O)N(CC(=O)N3c4ccccc4CCC3C)C2=O)cc1. The van der Waals surface area contributed by atoms with E-state index in [4.69, 9.17) is 4.74 Å². The summed E-state index contributed by atoms with van der Waals surface area (Å²) in [6, 6.07) is 14.2. The lowest BCUT2D eigenvalue weighted by atomic mass is 9.92. The van der Waals surface area contributed by atoms with Crippen LogP contribution >= 0.6 is 0 Å². The van der Waals surface area contributed by atoms with Crippen LogP contribution in [0.5, 0.6) is 5.75 Å². The molecule has 1 N–H and O–H groups in total. The van der Waals surface area contributed by atoms with Crippen molar-refractivity contribution >= 4 is 23.5 Å². The number of fused-ring (bicyclic) bond motifs is 1. The molecule has 0 aliphatic carbocycles. The van der Waals surface area contributed by atoms with Gasteiger partial charge in [-0.3, -0.25) is 14.5 Å². The molecule has 7 nitrogen and oxygen atoms in total. The number of nitrogens with one attached hydrogen (secondary N) is 1. The Morgan fingerprint density at radius 1 is 1.17 bits per heavy atom. The van der Waals surface area contributed by atoms with Crippen molar-refractivity contribution < 1.29 is 19.1 Å². The van der Waals surface area contributed by atoms with E-state index < -0.39 is 17.5 Å². The predicted molar refractivity (Wildman–Crippen MR) is 112 cm³/mol. The fraction of sp³-hybridized carbons (Fsp3) is 0.348. The van der Waals surface area contributed by atoms with Crippen molar-refractivity contribution in [1.29, 1.82) is 0 Å². The van der Waals surface area contributed by atoms with E-state index in [2.05, 4.69) is 5.32 Å². The first-order chi connectivity index (χ1) is 14.3. The van der Waals surface area contributed by atoms with Gasteiger partial charge in [0.05, 0.1) is 7.11 Å². The number of aryl methyl sites for hydroxylation is 1. The number of nitrogens with zero attached hydrogens (tertiary/aromatic N) is 2. The molecule has 2 aromatic carbocycles. The number of hydrogen-bond acceptors (Lipinski definition) is 4. The molecule has 30 heavy (non-hydrogen) atoms. The first kappa shape index (κ1) is 19.9. The molecule has 2 aliphatic heterocycles. The van der Waals surface area contributed by atoms with Gasteiger partial charge in [-0.2, -0.15) is 0 Å². The van der Waals surface area contributed by atoms with Crippen molar-refractivity contribution in [3.63, 3.8) is 0 Å². The molecule has 0 bridgehead atoms. The molecule has 1 saturated heterocycles. The first-order valence-corrected chi connectivity index (χ1v) is 10.0. The molecule has 4 amide bonds. The summed E-state index contributed by atoms with van der Waals surface area (Å²) < 4.78 is 5.16. The van der Waals surface area contributed by atoms with Gasteiger partial charge in [-0.1, -0.05) is 30.3 Å². The normalized spacial score (nSPS) is 23.2. The second-order valence-corrected chi connectivity index (χ2v) is 7.96. The van der Waals surface area contributed by atoms with Gasteiger partial charge in [-0.15, -0.1) is 0 Å². The van der Waals surface area contributed by atoms with E-state index in [9.17, 15) is 14.4 Å². The Bertz CT molecular complexity index is 1000. The number of imide groups is 1. The smallest absolute Gasteiger partial charge is 0.325 e. The number of carbonyl (C=O) groups excluding carboxylic acids is 3. The van der Waals surface area contributed by atoms with Crippen LogP contribution in [0.4, 0.5) is 10.5 Å². The fourth-order valence-electron chi connectivity index (χ4n) is 4.24. The highest BCUT2D eigenvalue weighted by Crippen LogP contribution is 2.33. The second kappa shape index (κ2) is 7.48. The minimum absolute atomic E-state index is 0.00105. The first-order valence-electron chi connectivity index (χ1n) is 10.0. The predicted octanol–water partition coefficient (Wildman–Crippen LogP) is 2.83. The van der Waals surface area contributed by atoms with Gasteiger partial charge in [0.2, 0.25) is 5.91 Å². The molecule has 4 rings (SSSR count). The Hall–Kier alpha value is -3.35. The molecule has 1 fully saturated rings. The zero-order valence-corrected chi connectivity index (χ0v) is 17.3. The monoisotopic (exact) mass is 407 g/mol. The third-order valence-corrected chi connectivity index (χ3v) is 6.03. The number of carbonyl (C=O) groups is 3. The zero-order chi connectivity index (χ0) is 21.5. The third kappa shape index (κ3) is 3.20. The number of anilines is 1. The van der Waals surface area contributed by atoms with E-state index in [-0.39, 0.29) is 18.5 Å². The van der Waals surface area contributed by atoms with Crippen LogP contribution in [0.3, 0.4) is 0 Å². The van der Waals surface area contributed by atoms with Gasteiger partial charge in [-0.05, 0) is 56.0 Å². The van der Waals surface area contributed by atoms with Crippen molar-refractivity contribution in [3.8, 4) is 5.75 Å². The Labute approximate surface area is 175 Å². The second-order valence-electron chi connectivity index (χ2n) is 7.96. The average molecular weight is 407 g/mol. The van der Waals surface area contributed by atoms with Crippen molar-refractivity contribution in [2.75, 3.05) is 18.6 Å². The van der Waals surface area contributed by atoms with E-state index in [0.29, 0.717) is 11.3 Å². The maximum absolute atomic E-state index is 13.2. The molecule has 0 aromatic heterocycles. The van der Waals surface area contributed by atoms with Crippen LogP contribution < -0.4 is 15.0 Å². The molecule has 7 heteroatoms. The Kier molecular flexibility index (Phi) is 4.97. The summed E-state index contributed by atoms with van der Waals surface area (Å²) in [6.07, 6.45) is 1.74. The van der Waals surface area contributed by atoms with Crippen molar-refractivity contribution in [1.82, 2.24) is 10.2 Å². The Balaban J connectivity index is 1.57. The molecular formula is C23H25N3O4. The lowest BCUT2D eigenvalue weighted by molar-refractivity contribution is -0.134. The standard InChI is InChI=1S/C23H25N3O4/c1-15-8-9-16-6-4-5-7-19(16)26(15)20(27)14-25-21(28)23(2,24-22(25)29)17-10-12-18(30-3)13-11-17/h4-7,10-13,15H,8-9,14H2,1-3H3,(H,24,29). The number of para-hydroxylation sites is 1. The summed E-state index contributed by atoms with van der Waals surface area (Å²) in [5.74, 6) is -0.0509. The Morgan fingerprint density at radius 2 is 1.87 bits per heavy atom. The van der Waals surface area contributed by atoms with Crippen molar-refractivity contribution in [2.24, 2.45) is 0 Å². The van der Waals surface area contributed by atoms with Gasteiger partial charge in [-0.25, -0.2) is 4.79 Å². The molecule has 2 unspecified atom stereocenters. The van der Waals surface area contributed by atoms with Gasteiger partial charge in [0.15, 0.2) is 0 Å². The minimum Gasteiger partial charge on any atom is -0.497 e. The lowest BCUT2D eigenvalue weighted by Gasteiger charge is -2.36. The molecule has 2 atom stereocenters. The van der Waals surface area contributed by atoms with E-state index >= 15 is 0 Å². The van der Waals surface area contributed by atoms with Crippen LogP contribution in [0.15, 0.2) is 48.5 Å². The molecule has 156 valence electrons. The number of ether oxygens (including phenoxy) is 1. The molecule has 2 heterocycles. The molecule has 0 radical (unpaired) electrons. The summed E-state index contributed by atoms with van der Waals surface area (Å²) in [7, 11) is 1.56. The number of urea groups is 1. The van der Waals surface area contributed by atoms with Gasteiger partial charge in [0.1, 0.15) is 17.8 Å². The van der Waals surface area contributed by atoms with Gasteiger partial charge in [0.25, 0.3) is 5.91 Å². The van der Waals surface area contributed by atoms with Gasteiger partial charge < -0.3 is 15.0 Å². The molecule has 0 spiro atoms. The highest BCUT2D eigenvalue weighted by molar-refractivity contribution is 6.10. The van der Waals surface area contributed by atoms with Crippen molar-refractivity contribution in [3.05, 3.63) is 59.7 Å². The summed E-state index contributed by atoms with van der Waals surface area (Å²) in [5.41, 5.74) is 1.36. The maximum atomic E-state index is 13.2. The van der Waals surface area contributed by atoms with Crippen LogP contribution in [0, 0.1) is 0 Å². The van der Waals surface area contributed by atoms with E-state index in [1.165, 1.54) is 0 Å². The number of hydrogen-bond donors (Lipinski definition) is 1. The van der Waals surface area contributed by atoms with Crippen LogP contribution in [-0.4, -0.2) is 42.4 Å². The number of rotatable bonds is 4. The minimum atomic E-state index is -1.23. The molecule has 0 saturated carbocycles. The van der Waals surface area contributed by atoms with Crippen LogP contribution in [0.1, 0.15) is 31.4 Å². The zero-order valence-electron chi connectivity index (χ0n) is 17.3. The molecule has 2 aliphatic rings. The fourth-order valence-corrected chi connectivity index (χ4v) is 4.24. The van der Waals surface area contributed by atoms with Gasteiger partial charge >= 0.3 is 6.03 Å². The summed E-state index contributed by atoms with van der Waals surface area (Å²) in [6.45, 7) is 3.34. The highest BCUT2D eigenvalue weighted by Gasteiger charge is 2.50. The van der Waals surface area contributed by atoms with Gasteiger partial charge in [0, 0.05) is 11.7 Å². The van der Waals surface area contributed by atoms with E-state index in [1.54, 1.807) is 43.2 Å². The number of methoxy groups -OCH3 is 1. The highest BCUT2D eigenvalue weighted by atomic mass is 16.5. The maximum Gasteiger partial charge on any atom is 0.325 e. The van der Waals surface area contributed by atoms with Crippen LogP contribution in [0.25, 0.3) is 0 Å². The van der Waals surface area contributed by atoms with Crippen molar-refractivity contribution in [2.45, 2.75) is 38.3 Å². The Morgan fingerprint density at radius 3 is 2.57 bits per heavy atom. The average Bonchev–Trinajstić information content (AvgIpc) is 2.97. The largest absolute Gasteiger partial charge is 0.497 e. The molecular weight excluding hydrogens is 382 g/mol. The van der Waals surface area contributed by atoms with Crippen LogP contribution in [0.2, 0.25) is 0 Å². The topological polar surface area (TPSA) is 79.0 Å². The van der Waals surface area contributed by atoms with E-state index in [1.807, 2.05) is 31.2 Å². The summed E-state index contributed by atoms with van der Waals surface area (Å²) in [5, 5.41) is 2.75.